The van der Waals surface area contributed by atoms with E-state index in [1.807, 2.05) is 6.92 Å². The van der Waals surface area contributed by atoms with Gasteiger partial charge in [0.05, 0.1) is 30.8 Å². The SMILES string of the molecule is C[C@@]12CCC[C@@](C)(C(=O)OC3OC(CO)C(O)C(O)C3O)[C@H]1CCC13CC4CC(O[C@]4(CO)[C@H]1O)[C@H]32. The summed E-state index contributed by atoms with van der Waals surface area (Å²) in [5, 5.41) is 61.8. The molecule has 4 saturated carbocycles. The molecule has 6 N–H and O–H groups in total. The highest BCUT2D eigenvalue weighted by atomic mass is 16.7. The summed E-state index contributed by atoms with van der Waals surface area (Å²) in [4.78, 5) is 13.8. The van der Waals surface area contributed by atoms with Crippen LogP contribution in [0.15, 0.2) is 0 Å². The number of fused-ring (bicyclic) bond motifs is 1. The summed E-state index contributed by atoms with van der Waals surface area (Å²) in [5.41, 5.74) is -2.35. The molecule has 36 heavy (non-hydrogen) atoms. The Morgan fingerprint density at radius 3 is 2.44 bits per heavy atom. The van der Waals surface area contributed by atoms with Crippen molar-refractivity contribution in [2.75, 3.05) is 13.2 Å². The highest BCUT2D eigenvalue weighted by Gasteiger charge is 2.79. The van der Waals surface area contributed by atoms with Crippen LogP contribution in [0.25, 0.3) is 0 Å². The van der Waals surface area contributed by atoms with Crippen LogP contribution >= 0.6 is 0 Å². The number of hydrogen-bond acceptors (Lipinski definition) is 10. The molecule has 3 heterocycles. The molecule has 3 aliphatic heterocycles. The second kappa shape index (κ2) is 8.08. The fraction of sp³-hybridized carbons (Fsp3) is 0.962. The molecule has 0 amide bonds. The fourth-order valence-electron chi connectivity index (χ4n) is 10.1. The summed E-state index contributed by atoms with van der Waals surface area (Å²) in [7, 11) is 0. The van der Waals surface area contributed by atoms with Crippen LogP contribution in [-0.4, -0.2) is 98.3 Å². The van der Waals surface area contributed by atoms with Crippen LogP contribution in [-0.2, 0) is 19.0 Å². The molecule has 0 aromatic carbocycles. The van der Waals surface area contributed by atoms with Gasteiger partial charge in [-0.25, -0.2) is 0 Å². The van der Waals surface area contributed by atoms with E-state index in [0.717, 1.165) is 38.5 Å². The lowest BCUT2D eigenvalue weighted by atomic mass is 9.40. The first kappa shape index (κ1) is 25.4. The lowest BCUT2D eigenvalue weighted by Gasteiger charge is -2.66. The van der Waals surface area contributed by atoms with Gasteiger partial charge in [0.15, 0.2) is 0 Å². The van der Waals surface area contributed by atoms with Crippen LogP contribution in [0.1, 0.15) is 58.8 Å². The first-order valence-electron chi connectivity index (χ1n) is 13.5. The molecule has 0 aromatic rings. The number of rotatable bonds is 4. The van der Waals surface area contributed by atoms with E-state index in [1.54, 1.807) is 0 Å². The molecule has 0 radical (unpaired) electrons. The molecule has 4 bridgehead atoms. The van der Waals surface area contributed by atoms with Crippen molar-refractivity contribution < 1.29 is 49.6 Å². The number of aliphatic hydroxyl groups excluding tert-OH is 6. The Morgan fingerprint density at radius 2 is 1.78 bits per heavy atom. The van der Waals surface area contributed by atoms with E-state index in [0.29, 0.717) is 6.42 Å². The van der Waals surface area contributed by atoms with Gasteiger partial charge < -0.3 is 44.8 Å². The zero-order valence-corrected chi connectivity index (χ0v) is 21.0. The number of esters is 1. The average Bonchev–Trinajstić information content (AvgIpc) is 3.23. The highest BCUT2D eigenvalue weighted by molar-refractivity contribution is 5.77. The second-order valence-corrected chi connectivity index (χ2v) is 13.0. The summed E-state index contributed by atoms with van der Waals surface area (Å²) < 4.78 is 17.6. The molecule has 4 aliphatic carbocycles. The molecular formula is C26H40O10. The van der Waals surface area contributed by atoms with E-state index in [4.69, 9.17) is 14.2 Å². The third kappa shape index (κ3) is 2.93. The molecule has 0 aromatic heterocycles. The number of aliphatic hydroxyl groups is 6. The zero-order valence-electron chi connectivity index (χ0n) is 21.0. The Hall–Kier alpha value is -0.850. The third-order valence-electron chi connectivity index (χ3n) is 11.6. The van der Waals surface area contributed by atoms with E-state index in [-0.39, 0.29) is 41.3 Å². The summed E-state index contributed by atoms with van der Waals surface area (Å²) in [6.07, 6.45) is -2.80. The number of ether oxygens (including phenoxy) is 3. The number of hydrogen-bond donors (Lipinski definition) is 6. The molecule has 3 saturated heterocycles. The van der Waals surface area contributed by atoms with Crippen LogP contribution in [0.2, 0.25) is 0 Å². The van der Waals surface area contributed by atoms with Gasteiger partial charge in [0.2, 0.25) is 6.29 Å². The predicted octanol–water partition coefficient (Wildman–Crippen LogP) is -0.547. The smallest absolute Gasteiger partial charge is 0.314 e. The standard InChI is InChI=1S/C26H40O10/c1-23-5-3-6-24(2,22(33)35-20-18(31)17(30)16(29)14(10-27)34-20)15(23)4-7-25-9-12-8-13(19(23)25)36-26(12,11-28)21(25)32/h12-21,27-32H,3-11H2,1-2H3/t12?,13?,14?,15-,16?,17?,18?,19-,20?,21-,23+,24+,25?,26-/m0/s1. The van der Waals surface area contributed by atoms with Crippen LogP contribution in [0.4, 0.5) is 0 Å². The minimum Gasteiger partial charge on any atom is -0.432 e. The van der Waals surface area contributed by atoms with Crippen molar-refractivity contribution in [1.82, 2.24) is 0 Å². The highest BCUT2D eigenvalue weighted by Crippen LogP contribution is 2.76. The van der Waals surface area contributed by atoms with Gasteiger partial charge >= 0.3 is 5.97 Å². The molecular weight excluding hydrogens is 472 g/mol. The Kier molecular flexibility index (Phi) is 5.71. The average molecular weight is 513 g/mol. The molecule has 204 valence electrons. The van der Waals surface area contributed by atoms with Gasteiger partial charge in [0.25, 0.3) is 0 Å². The largest absolute Gasteiger partial charge is 0.432 e. The molecule has 7 rings (SSSR count). The summed E-state index contributed by atoms with van der Waals surface area (Å²) in [5.74, 6) is -0.357. The summed E-state index contributed by atoms with van der Waals surface area (Å²) in [6.45, 7) is 3.35. The van der Waals surface area contributed by atoms with Gasteiger partial charge in [-0.1, -0.05) is 13.3 Å². The second-order valence-electron chi connectivity index (χ2n) is 13.0. The lowest BCUT2D eigenvalue weighted by molar-refractivity contribution is -0.302. The van der Waals surface area contributed by atoms with Crippen molar-refractivity contribution in [2.24, 2.45) is 34.0 Å². The van der Waals surface area contributed by atoms with Gasteiger partial charge in [-0.05, 0) is 68.6 Å². The van der Waals surface area contributed by atoms with Crippen molar-refractivity contribution in [2.45, 2.75) is 107 Å². The van der Waals surface area contributed by atoms with Crippen molar-refractivity contribution in [3.8, 4) is 0 Å². The maximum atomic E-state index is 13.8. The van der Waals surface area contributed by atoms with Crippen molar-refractivity contribution in [3.63, 3.8) is 0 Å². The van der Waals surface area contributed by atoms with Gasteiger partial charge in [-0.2, -0.15) is 0 Å². The minimum absolute atomic E-state index is 0.0520. The van der Waals surface area contributed by atoms with E-state index in [1.165, 1.54) is 0 Å². The van der Waals surface area contributed by atoms with E-state index < -0.39 is 60.4 Å². The van der Waals surface area contributed by atoms with Crippen molar-refractivity contribution in [3.05, 3.63) is 0 Å². The van der Waals surface area contributed by atoms with Gasteiger partial charge in [0.1, 0.15) is 30.0 Å². The quantitative estimate of drug-likeness (QED) is 0.269. The van der Waals surface area contributed by atoms with Crippen molar-refractivity contribution >= 4 is 5.97 Å². The molecule has 14 atom stereocenters. The van der Waals surface area contributed by atoms with Crippen LogP contribution in [0.3, 0.4) is 0 Å². The van der Waals surface area contributed by atoms with E-state index in [2.05, 4.69) is 6.92 Å². The first-order chi connectivity index (χ1) is 17.0. The van der Waals surface area contributed by atoms with Gasteiger partial charge in [-0.15, -0.1) is 0 Å². The van der Waals surface area contributed by atoms with E-state index >= 15 is 0 Å². The van der Waals surface area contributed by atoms with Gasteiger partial charge in [-0.3, -0.25) is 4.79 Å². The molecule has 10 nitrogen and oxygen atoms in total. The topological polar surface area (TPSA) is 166 Å². The fourth-order valence-corrected chi connectivity index (χ4v) is 10.1. The molecule has 1 spiro atoms. The molecule has 8 unspecified atom stereocenters. The number of carbonyl (C=O) groups excluding carboxylic acids is 1. The molecule has 10 heteroatoms. The Labute approximate surface area is 210 Å². The van der Waals surface area contributed by atoms with Crippen LogP contribution in [0.5, 0.6) is 0 Å². The number of carbonyl (C=O) groups is 1. The molecule has 7 fully saturated rings. The normalized spacial score (nSPS) is 59.4. The monoisotopic (exact) mass is 512 g/mol. The van der Waals surface area contributed by atoms with E-state index in [9.17, 15) is 35.4 Å². The Bertz CT molecular complexity index is 913. The van der Waals surface area contributed by atoms with Crippen molar-refractivity contribution in [1.29, 1.82) is 0 Å². The summed E-state index contributed by atoms with van der Waals surface area (Å²) >= 11 is 0. The van der Waals surface area contributed by atoms with Gasteiger partial charge in [0, 0.05) is 5.41 Å². The van der Waals surface area contributed by atoms with Crippen LogP contribution in [0, 0.1) is 34.0 Å². The lowest BCUT2D eigenvalue weighted by Crippen LogP contribution is -2.68. The van der Waals surface area contributed by atoms with Crippen LogP contribution < -0.4 is 0 Å². The Balaban J connectivity index is 1.28. The maximum Gasteiger partial charge on any atom is 0.314 e. The first-order valence-corrected chi connectivity index (χ1v) is 13.5. The third-order valence-corrected chi connectivity index (χ3v) is 11.6. The maximum absolute atomic E-state index is 13.8. The predicted molar refractivity (Wildman–Crippen MR) is 122 cm³/mol. The summed E-state index contributed by atoms with van der Waals surface area (Å²) in [6, 6.07) is 0. The molecule has 7 aliphatic rings. The zero-order chi connectivity index (χ0) is 25.8. The minimum atomic E-state index is -1.64. The Morgan fingerprint density at radius 1 is 1.03 bits per heavy atom.